The number of carbonyl (C=O) groups excluding carboxylic acids is 5. The van der Waals surface area contributed by atoms with Gasteiger partial charge in [-0.15, -0.1) is 0 Å². The molecule has 1 aliphatic heterocycles. The van der Waals surface area contributed by atoms with Crippen LogP contribution in [0.25, 0.3) is 0 Å². The third kappa shape index (κ3) is 6.20. The maximum absolute atomic E-state index is 14.2. The van der Waals surface area contributed by atoms with Crippen LogP contribution in [0.2, 0.25) is 0 Å². The summed E-state index contributed by atoms with van der Waals surface area (Å²) >= 11 is 0. The van der Waals surface area contributed by atoms with E-state index in [0.717, 1.165) is 19.3 Å². The van der Waals surface area contributed by atoms with Crippen molar-refractivity contribution in [2.75, 3.05) is 20.5 Å². The van der Waals surface area contributed by atoms with Gasteiger partial charge in [0, 0.05) is 7.11 Å². The van der Waals surface area contributed by atoms with Crippen molar-refractivity contribution in [3.05, 3.63) is 0 Å². The fourth-order valence-corrected chi connectivity index (χ4v) is 12.9. The average molecular weight is 701 g/mol. The molecule has 17 unspecified atom stereocenters. The Morgan fingerprint density at radius 1 is 0.840 bits per heavy atom. The normalized spacial score (nSPS) is 44.9. The Bertz CT molecular complexity index is 1370. The Hall–Kier alpha value is -2.53. The van der Waals surface area contributed by atoms with Gasteiger partial charge in [-0.25, -0.2) is 0 Å². The van der Waals surface area contributed by atoms with E-state index in [0.29, 0.717) is 36.7 Å². The molecule has 11 heteroatoms. The van der Waals surface area contributed by atoms with Crippen molar-refractivity contribution in [3.63, 3.8) is 0 Å². The second kappa shape index (κ2) is 13.5. The number of fused-ring (bicyclic) bond motifs is 6. The first kappa shape index (κ1) is 35.9. The molecule has 7 fully saturated rings. The van der Waals surface area contributed by atoms with Gasteiger partial charge in [-0.2, -0.15) is 0 Å². The number of ether oxygens (including phenoxy) is 5. The number of methoxy groups -OCH3 is 1. The quantitative estimate of drug-likeness (QED) is 0.140. The summed E-state index contributed by atoms with van der Waals surface area (Å²) in [5.74, 6) is -4.67. The van der Waals surface area contributed by atoms with Gasteiger partial charge in [0.15, 0.2) is 6.79 Å². The highest BCUT2D eigenvalue weighted by Gasteiger charge is 2.71. The van der Waals surface area contributed by atoms with Crippen LogP contribution in [0.3, 0.4) is 0 Å². The molecule has 6 saturated carbocycles. The number of rotatable bonds is 11. The lowest BCUT2D eigenvalue weighted by molar-refractivity contribution is -0.177. The van der Waals surface area contributed by atoms with Crippen LogP contribution in [0.15, 0.2) is 0 Å². The first-order valence-electron chi connectivity index (χ1n) is 19.2. The summed E-state index contributed by atoms with van der Waals surface area (Å²) in [6.45, 7) is 9.45. The van der Waals surface area contributed by atoms with Crippen molar-refractivity contribution in [2.45, 2.75) is 97.7 Å². The maximum atomic E-state index is 14.2. The molecule has 7 aliphatic rings. The molecule has 11 nitrogen and oxygen atoms in total. The Morgan fingerprint density at radius 2 is 1.54 bits per heavy atom. The van der Waals surface area contributed by atoms with Crippen LogP contribution in [0.1, 0.15) is 86.0 Å². The zero-order valence-corrected chi connectivity index (χ0v) is 30.4. The van der Waals surface area contributed by atoms with Gasteiger partial charge in [0.05, 0.1) is 42.8 Å². The number of cyclic esters (lactones) is 2. The van der Waals surface area contributed by atoms with Crippen LogP contribution in [0.5, 0.6) is 0 Å². The van der Waals surface area contributed by atoms with Crippen LogP contribution >= 0.6 is 0 Å². The molecule has 6 bridgehead atoms. The second-order valence-electron chi connectivity index (χ2n) is 18.1. The zero-order chi connectivity index (χ0) is 35.8. The predicted octanol–water partition coefficient (Wildman–Crippen LogP) is 4.56. The molecule has 17 atom stereocenters. The molecule has 6 aliphatic carbocycles. The third-order valence-electron chi connectivity index (χ3n) is 14.6. The lowest BCUT2D eigenvalue weighted by atomic mass is 9.54. The molecule has 0 aromatic heterocycles. The second-order valence-corrected chi connectivity index (χ2v) is 18.1. The zero-order valence-electron chi connectivity index (χ0n) is 30.4. The van der Waals surface area contributed by atoms with Crippen LogP contribution in [-0.4, -0.2) is 67.2 Å². The van der Waals surface area contributed by atoms with E-state index in [1.54, 1.807) is 27.7 Å². The lowest BCUT2D eigenvalue weighted by Crippen LogP contribution is -2.52. The standard InChI is InChI=1S/C39H56O11/c1-17-21-11-23(27(40)14-28(41)50-39(3,4)5)24(12-21)29(17)31-25-13-26(32(31)30-18(2)35(42)49-38(30)45)33(34(25)37(44)48-16-46-6)36(43)47-15-22-10-19-7-8-20(22)9-19/h17-27,29-34,40H,7-16H2,1-6H3. The lowest BCUT2D eigenvalue weighted by Gasteiger charge is -2.49. The fraction of sp³-hybridized carbons (Fsp3) is 0.872. The topological polar surface area (TPSA) is 152 Å². The van der Waals surface area contributed by atoms with Crippen LogP contribution in [0, 0.1) is 94.7 Å². The third-order valence-corrected chi connectivity index (χ3v) is 14.6. The smallest absolute Gasteiger partial charge is 0.317 e. The molecule has 0 aromatic carbocycles. The van der Waals surface area contributed by atoms with Crippen molar-refractivity contribution < 1.29 is 52.8 Å². The van der Waals surface area contributed by atoms with Gasteiger partial charge in [0.2, 0.25) is 0 Å². The Balaban J connectivity index is 1.19. The molecule has 0 amide bonds. The summed E-state index contributed by atoms with van der Waals surface area (Å²) in [5, 5.41) is 11.5. The van der Waals surface area contributed by atoms with Crippen LogP contribution < -0.4 is 0 Å². The number of hydrogen-bond donors (Lipinski definition) is 1. The monoisotopic (exact) mass is 700 g/mol. The summed E-state index contributed by atoms with van der Waals surface area (Å²) in [7, 11) is 1.44. The van der Waals surface area contributed by atoms with E-state index < -0.39 is 65.2 Å². The van der Waals surface area contributed by atoms with E-state index in [-0.39, 0.29) is 60.6 Å². The number of aliphatic hydroxyl groups is 1. The van der Waals surface area contributed by atoms with Crippen molar-refractivity contribution >= 4 is 29.8 Å². The van der Waals surface area contributed by atoms with E-state index in [4.69, 9.17) is 23.7 Å². The number of carbonyl (C=O) groups is 5. The first-order chi connectivity index (χ1) is 23.7. The van der Waals surface area contributed by atoms with Gasteiger partial charge < -0.3 is 28.8 Å². The van der Waals surface area contributed by atoms with Gasteiger partial charge in [-0.3, -0.25) is 24.0 Å². The summed E-state index contributed by atoms with van der Waals surface area (Å²) in [5.41, 5.74) is -0.663. The molecule has 1 N–H and O–H groups in total. The SMILES string of the molecule is COCOC(=O)C1C2CC(C1C(=O)OCC1CC3CCC1C3)C(C1C(=O)OC(=O)C1C)C2C1C(C)C2CC(C(O)CC(=O)OC(C)(C)C)C1C2. The molecular weight excluding hydrogens is 644 g/mol. The Kier molecular flexibility index (Phi) is 9.66. The Morgan fingerprint density at radius 3 is 2.12 bits per heavy atom. The highest BCUT2D eigenvalue weighted by Crippen LogP contribution is 2.70. The minimum atomic E-state index is -0.889. The van der Waals surface area contributed by atoms with Gasteiger partial charge in [-0.1, -0.05) is 20.3 Å². The van der Waals surface area contributed by atoms with Crippen molar-refractivity contribution in [2.24, 2.45) is 94.7 Å². The minimum absolute atomic E-state index is 0.00599. The van der Waals surface area contributed by atoms with E-state index in [9.17, 15) is 29.1 Å². The van der Waals surface area contributed by atoms with E-state index in [2.05, 4.69) is 6.92 Å². The van der Waals surface area contributed by atoms with Gasteiger partial charge in [0.1, 0.15) is 5.60 Å². The predicted molar refractivity (Wildman–Crippen MR) is 176 cm³/mol. The largest absolute Gasteiger partial charge is 0.465 e. The summed E-state index contributed by atoms with van der Waals surface area (Å²) in [6.07, 6.45) is 5.87. The Labute approximate surface area is 295 Å². The molecule has 0 aromatic rings. The highest BCUT2D eigenvalue weighted by atomic mass is 16.7. The molecular formula is C39H56O11. The summed E-state index contributed by atoms with van der Waals surface area (Å²) in [6, 6.07) is 0. The number of aliphatic hydroxyl groups excluding tert-OH is 1. The van der Waals surface area contributed by atoms with Crippen molar-refractivity contribution in [1.82, 2.24) is 0 Å². The maximum Gasteiger partial charge on any atom is 0.317 e. The van der Waals surface area contributed by atoms with Crippen LogP contribution in [0.4, 0.5) is 0 Å². The molecule has 278 valence electrons. The van der Waals surface area contributed by atoms with E-state index in [1.165, 1.54) is 26.4 Å². The number of esters is 5. The molecule has 7 rings (SSSR count). The highest BCUT2D eigenvalue weighted by molar-refractivity contribution is 5.96. The van der Waals surface area contributed by atoms with E-state index >= 15 is 0 Å². The molecule has 50 heavy (non-hydrogen) atoms. The molecule has 1 saturated heterocycles. The number of hydrogen-bond acceptors (Lipinski definition) is 11. The fourth-order valence-electron chi connectivity index (χ4n) is 12.9. The molecule has 0 radical (unpaired) electrons. The molecule has 1 heterocycles. The van der Waals surface area contributed by atoms with E-state index in [1.807, 2.05) is 0 Å². The summed E-state index contributed by atoms with van der Waals surface area (Å²) in [4.78, 5) is 67.3. The van der Waals surface area contributed by atoms with Crippen molar-refractivity contribution in [1.29, 1.82) is 0 Å². The van der Waals surface area contributed by atoms with Crippen molar-refractivity contribution in [3.8, 4) is 0 Å². The van der Waals surface area contributed by atoms with Gasteiger partial charge in [0.25, 0.3) is 0 Å². The van der Waals surface area contributed by atoms with Crippen LogP contribution in [-0.2, 0) is 47.7 Å². The van der Waals surface area contributed by atoms with Gasteiger partial charge in [-0.05, 0) is 130 Å². The summed E-state index contributed by atoms with van der Waals surface area (Å²) < 4.78 is 27.5. The van der Waals surface area contributed by atoms with Gasteiger partial charge >= 0.3 is 29.8 Å². The minimum Gasteiger partial charge on any atom is -0.465 e. The average Bonchev–Trinajstić information content (AvgIpc) is 3.90. The first-order valence-corrected chi connectivity index (χ1v) is 19.2. The molecule has 0 spiro atoms.